The van der Waals surface area contributed by atoms with Crippen LogP contribution in [-0.4, -0.2) is 22.6 Å². The summed E-state index contributed by atoms with van der Waals surface area (Å²) < 4.78 is 20.0. The van der Waals surface area contributed by atoms with Crippen LogP contribution < -0.4 is 10.6 Å². The van der Waals surface area contributed by atoms with Gasteiger partial charge in [-0.05, 0) is 0 Å². The minimum absolute atomic E-state index is 1.02. The van der Waals surface area contributed by atoms with Crippen molar-refractivity contribution in [3.63, 3.8) is 0 Å². The first-order chi connectivity index (χ1) is 13.6. The zero-order valence-corrected chi connectivity index (χ0v) is 21.9. The summed E-state index contributed by atoms with van der Waals surface area (Å²) in [5, 5.41) is 2.15. The van der Waals surface area contributed by atoms with Crippen molar-refractivity contribution >= 4 is 36.1 Å². The van der Waals surface area contributed by atoms with Crippen LogP contribution in [0.15, 0.2) is 60.7 Å². The van der Waals surface area contributed by atoms with Gasteiger partial charge in [-0.25, -0.2) is 0 Å². The molecule has 2 aromatic rings. The van der Waals surface area contributed by atoms with Gasteiger partial charge in [0.25, 0.3) is 0 Å². The molecule has 3 heteroatoms. The molecule has 0 fully saturated rings. The van der Waals surface area contributed by atoms with Crippen molar-refractivity contribution in [3.05, 3.63) is 60.7 Å². The van der Waals surface area contributed by atoms with Crippen LogP contribution in [0.4, 0.5) is 0 Å². The molecule has 2 aromatic carbocycles. The first-order valence-corrected chi connectivity index (χ1v) is 21.3. The molecular weight excluding hydrogens is 466 g/mol. The Morgan fingerprint density at radius 3 is 1.32 bits per heavy atom. The zero-order valence-electron chi connectivity index (χ0n) is 18.2. The second kappa shape index (κ2) is 12.2. The van der Waals surface area contributed by atoms with Gasteiger partial charge in [0, 0.05) is 0 Å². The molecule has 0 radical (unpaired) electrons. The summed E-state index contributed by atoms with van der Waals surface area (Å²) in [6, 6.07) is 20.8. The molecule has 0 amide bonds. The molecule has 0 aromatic heterocycles. The van der Waals surface area contributed by atoms with E-state index >= 15 is 0 Å². The first kappa shape index (κ1) is 23.7. The van der Waals surface area contributed by atoms with Gasteiger partial charge in [-0.15, -0.1) is 0 Å². The van der Waals surface area contributed by atoms with E-state index in [-0.39, 0.29) is 0 Å². The van der Waals surface area contributed by atoms with E-state index in [0.29, 0.717) is 0 Å². The van der Waals surface area contributed by atoms with Crippen LogP contribution >= 0.6 is 7.14 Å². The summed E-state index contributed by atoms with van der Waals surface area (Å²) in [6.45, 7) is 6.93. The van der Waals surface area contributed by atoms with E-state index in [1.165, 1.54) is 51.8 Å². The number of benzene rings is 2. The van der Waals surface area contributed by atoms with Crippen LogP contribution in [-0.2, 0) is 4.57 Å². The third kappa shape index (κ3) is 6.49. The monoisotopic (exact) mass is 506 g/mol. The van der Waals surface area contributed by atoms with Crippen molar-refractivity contribution in [2.75, 3.05) is 4.18 Å². The molecule has 154 valence electrons. The fourth-order valence-electron chi connectivity index (χ4n) is 4.41. The van der Waals surface area contributed by atoms with Gasteiger partial charge in [0.1, 0.15) is 0 Å². The second-order valence-corrected chi connectivity index (χ2v) is 26.8. The van der Waals surface area contributed by atoms with E-state index in [2.05, 4.69) is 69.3 Å². The Bertz CT molecular complexity index is 649. The van der Waals surface area contributed by atoms with Crippen molar-refractivity contribution in [2.24, 2.45) is 0 Å². The Morgan fingerprint density at radius 2 is 1.00 bits per heavy atom. The SMILES string of the molecule is CCC[CH2][Sn]([CH2]CCC)([CH2]CCC)[CH2]P(=O)(c1ccccc1)c1ccccc1. The molecule has 28 heavy (non-hydrogen) atoms. The fourth-order valence-corrected chi connectivity index (χ4v) is 34.7. The summed E-state index contributed by atoms with van der Waals surface area (Å²) >= 11 is -2.55. The fraction of sp³-hybridized carbons (Fsp3) is 0.520. The zero-order chi connectivity index (χ0) is 20.3. The number of rotatable bonds is 13. The third-order valence-electron chi connectivity index (χ3n) is 6.09. The molecule has 0 saturated heterocycles. The van der Waals surface area contributed by atoms with Crippen molar-refractivity contribution in [2.45, 2.75) is 72.6 Å². The van der Waals surface area contributed by atoms with Crippen LogP contribution in [0, 0.1) is 0 Å². The topological polar surface area (TPSA) is 17.1 Å². The number of unbranched alkanes of at least 4 members (excludes halogenated alkanes) is 3. The Morgan fingerprint density at radius 1 is 0.643 bits per heavy atom. The molecule has 0 N–H and O–H groups in total. The maximum atomic E-state index is 14.8. The maximum absolute atomic E-state index is 14.8. The van der Waals surface area contributed by atoms with Crippen molar-refractivity contribution < 1.29 is 4.57 Å². The van der Waals surface area contributed by atoms with Crippen molar-refractivity contribution in [3.8, 4) is 0 Å². The van der Waals surface area contributed by atoms with Crippen LogP contribution in [0.2, 0.25) is 13.3 Å². The van der Waals surface area contributed by atoms with E-state index < -0.39 is 25.5 Å². The van der Waals surface area contributed by atoms with Gasteiger partial charge in [0.15, 0.2) is 0 Å². The van der Waals surface area contributed by atoms with Gasteiger partial charge in [-0.1, -0.05) is 0 Å². The average molecular weight is 505 g/mol. The molecule has 0 bridgehead atoms. The normalized spacial score (nSPS) is 12.2. The van der Waals surface area contributed by atoms with E-state index in [9.17, 15) is 4.57 Å². The summed E-state index contributed by atoms with van der Waals surface area (Å²) in [4.78, 5) is 0. The van der Waals surface area contributed by atoms with E-state index in [4.69, 9.17) is 0 Å². The number of hydrogen-bond acceptors (Lipinski definition) is 1. The van der Waals surface area contributed by atoms with Gasteiger partial charge < -0.3 is 0 Å². The van der Waals surface area contributed by atoms with Crippen LogP contribution in [0.1, 0.15) is 59.3 Å². The van der Waals surface area contributed by atoms with Crippen LogP contribution in [0.3, 0.4) is 0 Å². The molecule has 0 heterocycles. The number of hydrogen-bond donors (Lipinski definition) is 0. The van der Waals surface area contributed by atoms with E-state index in [1.54, 1.807) is 0 Å². The van der Waals surface area contributed by atoms with Crippen LogP contribution in [0.25, 0.3) is 0 Å². The Kier molecular flexibility index (Phi) is 10.4. The van der Waals surface area contributed by atoms with Gasteiger partial charge in [-0.2, -0.15) is 0 Å². The molecule has 0 aliphatic heterocycles. The molecule has 0 saturated carbocycles. The van der Waals surface area contributed by atoms with Gasteiger partial charge >= 0.3 is 178 Å². The molecule has 0 unspecified atom stereocenters. The molecule has 0 aliphatic carbocycles. The van der Waals surface area contributed by atoms with E-state index in [1.807, 2.05) is 12.1 Å². The summed E-state index contributed by atoms with van der Waals surface area (Å²) in [6.07, 6.45) is 7.76. The summed E-state index contributed by atoms with van der Waals surface area (Å²) in [7, 11) is -2.57. The van der Waals surface area contributed by atoms with Crippen molar-refractivity contribution in [1.29, 1.82) is 0 Å². The molecule has 1 nitrogen and oxygen atoms in total. The molecular formula is C25H39OPSn. The second-order valence-electron chi connectivity index (χ2n) is 8.38. The molecule has 0 aliphatic rings. The first-order valence-electron chi connectivity index (χ1n) is 11.3. The average Bonchev–Trinajstić information content (AvgIpc) is 2.76. The van der Waals surface area contributed by atoms with Crippen LogP contribution in [0.5, 0.6) is 0 Å². The molecule has 0 atom stereocenters. The predicted octanol–water partition coefficient (Wildman–Crippen LogP) is 7.39. The Labute approximate surface area is 177 Å². The Balaban J connectivity index is 2.50. The predicted molar refractivity (Wildman–Crippen MR) is 130 cm³/mol. The van der Waals surface area contributed by atoms with Gasteiger partial charge in [0.2, 0.25) is 0 Å². The quantitative estimate of drug-likeness (QED) is 0.205. The molecule has 2 rings (SSSR count). The van der Waals surface area contributed by atoms with Crippen molar-refractivity contribution in [1.82, 2.24) is 0 Å². The third-order valence-corrected chi connectivity index (χ3v) is 31.1. The standard InChI is InChI=1S/C13H12OP.3C4H9.Sn/c1-15(14,12-8-4-2-5-9-12)13-10-6-3-7-11-13;3*1-3-4-2;/h2-11H,1H2;3*1,3-4H2,2H3;. The van der Waals surface area contributed by atoms with E-state index in [0.717, 1.165) is 14.8 Å². The van der Waals surface area contributed by atoms with Gasteiger partial charge in [-0.3, -0.25) is 0 Å². The summed E-state index contributed by atoms with van der Waals surface area (Å²) in [5.74, 6) is 0. The minimum atomic E-state index is -2.57. The Hall–Kier alpha value is -0.531. The van der Waals surface area contributed by atoms with Gasteiger partial charge in [0.05, 0.1) is 0 Å². The molecule has 0 spiro atoms. The summed E-state index contributed by atoms with van der Waals surface area (Å²) in [5.41, 5.74) is 0.